The number of carbonyl (C=O) groups excluding carboxylic acids is 1. The van der Waals surface area contributed by atoms with Crippen LogP contribution < -0.4 is 10.1 Å². The number of aromatic nitrogens is 2. The summed E-state index contributed by atoms with van der Waals surface area (Å²) >= 11 is 0. The van der Waals surface area contributed by atoms with Gasteiger partial charge in [-0.25, -0.2) is 9.97 Å². The van der Waals surface area contributed by atoms with Crippen molar-refractivity contribution in [1.29, 1.82) is 0 Å². The Balaban J connectivity index is 1.64. The summed E-state index contributed by atoms with van der Waals surface area (Å²) in [4.78, 5) is 20.1. The Bertz CT molecular complexity index is 703. The van der Waals surface area contributed by atoms with E-state index in [1.165, 1.54) is 6.33 Å². The van der Waals surface area contributed by atoms with Crippen LogP contribution in [0.15, 0.2) is 36.9 Å². The molecule has 0 saturated heterocycles. The van der Waals surface area contributed by atoms with Crippen LogP contribution in [-0.4, -0.2) is 28.5 Å². The second-order valence-corrected chi connectivity index (χ2v) is 6.39. The monoisotopic (exact) mass is 325 g/mol. The summed E-state index contributed by atoms with van der Waals surface area (Å²) in [5.41, 5.74) is 3.11. The number of benzene rings is 1. The van der Waals surface area contributed by atoms with Gasteiger partial charge in [-0.2, -0.15) is 0 Å². The maximum atomic E-state index is 11.9. The Morgan fingerprint density at radius 2 is 2.17 bits per heavy atom. The third kappa shape index (κ3) is 3.72. The molecule has 5 nitrogen and oxygen atoms in total. The van der Waals surface area contributed by atoms with E-state index in [9.17, 15) is 4.79 Å². The normalized spacial score (nSPS) is 17.0. The molecule has 0 bridgehead atoms. The number of hydrogen-bond donors (Lipinski definition) is 1. The number of nitrogens with zero attached hydrogens (tertiary/aromatic N) is 2. The third-order valence-electron chi connectivity index (χ3n) is 4.46. The summed E-state index contributed by atoms with van der Waals surface area (Å²) in [6.07, 6.45) is 7.46. The first-order chi connectivity index (χ1) is 11.7. The molecule has 2 atom stereocenters. The molecule has 0 radical (unpaired) electrons. The van der Waals surface area contributed by atoms with E-state index >= 15 is 0 Å². The van der Waals surface area contributed by atoms with Crippen molar-refractivity contribution in [2.75, 3.05) is 6.54 Å². The molecule has 1 amide bonds. The van der Waals surface area contributed by atoms with Crippen molar-refractivity contribution in [2.45, 2.75) is 39.2 Å². The molecule has 2 heterocycles. The number of fused-ring (bicyclic) bond motifs is 1. The van der Waals surface area contributed by atoms with Crippen molar-refractivity contribution in [3.05, 3.63) is 42.5 Å². The van der Waals surface area contributed by atoms with Gasteiger partial charge < -0.3 is 10.1 Å². The molecule has 1 N–H and O–H groups in total. The number of rotatable bonds is 6. The lowest BCUT2D eigenvalue weighted by Crippen LogP contribution is -2.35. The number of amides is 1. The standard InChI is InChI=1S/C19H23N3O2/c1-3-13(2)7-18(23)22-11-16-8-14-5-4-6-17(19(14)24-16)15-9-20-12-21-10-15/h4-6,9-10,12-13,16H,3,7-8,11H2,1-2H3,(H,22,23). The number of nitrogens with one attached hydrogen (secondary N) is 1. The van der Waals surface area contributed by atoms with E-state index in [0.717, 1.165) is 35.3 Å². The van der Waals surface area contributed by atoms with Crippen molar-refractivity contribution < 1.29 is 9.53 Å². The zero-order chi connectivity index (χ0) is 16.9. The van der Waals surface area contributed by atoms with E-state index in [1.54, 1.807) is 12.4 Å². The van der Waals surface area contributed by atoms with E-state index in [2.05, 4.69) is 35.2 Å². The van der Waals surface area contributed by atoms with E-state index in [1.807, 2.05) is 12.1 Å². The highest BCUT2D eigenvalue weighted by molar-refractivity contribution is 5.76. The minimum atomic E-state index is -0.0216. The Morgan fingerprint density at radius 1 is 1.38 bits per heavy atom. The van der Waals surface area contributed by atoms with Gasteiger partial charge in [-0.05, 0) is 11.5 Å². The summed E-state index contributed by atoms with van der Waals surface area (Å²) in [5.74, 6) is 1.39. The Hall–Kier alpha value is -2.43. The molecule has 0 saturated carbocycles. The Morgan fingerprint density at radius 3 is 2.92 bits per heavy atom. The molecular weight excluding hydrogens is 302 g/mol. The van der Waals surface area contributed by atoms with Gasteiger partial charge in [0.2, 0.25) is 5.91 Å². The molecule has 2 unspecified atom stereocenters. The van der Waals surface area contributed by atoms with Gasteiger partial charge in [0, 0.05) is 36.4 Å². The highest BCUT2D eigenvalue weighted by atomic mass is 16.5. The smallest absolute Gasteiger partial charge is 0.220 e. The van der Waals surface area contributed by atoms with Crippen molar-refractivity contribution in [1.82, 2.24) is 15.3 Å². The predicted octanol–water partition coefficient (Wildman–Crippen LogP) is 3.00. The molecule has 126 valence electrons. The number of carbonyl (C=O) groups is 1. The van der Waals surface area contributed by atoms with Crippen molar-refractivity contribution in [2.24, 2.45) is 5.92 Å². The fourth-order valence-corrected chi connectivity index (χ4v) is 2.88. The zero-order valence-electron chi connectivity index (χ0n) is 14.2. The summed E-state index contributed by atoms with van der Waals surface area (Å²) in [7, 11) is 0. The van der Waals surface area contributed by atoms with Crippen molar-refractivity contribution in [3.8, 4) is 16.9 Å². The lowest BCUT2D eigenvalue weighted by atomic mass is 10.0. The van der Waals surface area contributed by atoms with Gasteiger partial charge in [0.15, 0.2) is 0 Å². The molecule has 2 aromatic rings. The second kappa shape index (κ2) is 7.43. The van der Waals surface area contributed by atoms with E-state index in [4.69, 9.17) is 4.74 Å². The van der Waals surface area contributed by atoms with Gasteiger partial charge in [-0.1, -0.05) is 38.5 Å². The molecule has 1 aliphatic rings. The number of para-hydroxylation sites is 1. The number of ether oxygens (including phenoxy) is 1. The molecule has 0 spiro atoms. The first kappa shape index (κ1) is 16.4. The van der Waals surface area contributed by atoms with Gasteiger partial charge >= 0.3 is 0 Å². The lowest BCUT2D eigenvalue weighted by Gasteiger charge is -2.14. The number of hydrogen-bond acceptors (Lipinski definition) is 4. The van der Waals surface area contributed by atoms with Crippen LogP contribution in [0, 0.1) is 5.92 Å². The highest BCUT2D eigenvalue weighted by Gasteiger charge is 2.26. The molecule has 1 aromatic carbocycles. The summed E-state index contributed by atoms with van der Waals surface area (Å²) in [6.45, 7) is 4.73. The average Bonchev–Trinajstić information content (AvgIpc) is 3.03. The topological polar surface area (TPSA) is 64.1 Å². The maximum Gasteiger partial charge on any atom is 0.220 e. The van der Waals surface area contributed by atoms with Crippen molar-refractivity contribution >= 4 is 5.91 Å². The van der Waals surface area contributed by atoms with Crippen LogP contribution in [0.2, 0.25) is 0 Å². The minimum Gasteiger partial charge on any atom is -0.487 e. The van der Waals surface area contributed by atoms with Crippen LogP contribution in [0.5, 0.6) is 5.75 Å². The lowest BCUT2D eigenvalue weighted by molar-refractivity contribution is -0.122. The van der Waals surface area contributed by atoms with E-state index in [-0.39, 0.29) is 12.0 Å². The third-order valence-corrected chi connectivity index (χ3v) is 4.46. The average molecular weight is 325 g/mol. The van der Waals surface area contributed by atoms with Crippen LogP contribution in [0.1, 0.15) is 32.3 Å². The first-order valence-electron chi connectivity index (χ1n) is 8.48. The molecule has 5 heteroatoms. The highest BCUT2D eigenvalue weighted by Crippen LogP contribution is 2.38. The van der Waals surface area contributed by atoms with Gasteiger partial charge in [-0.15, -0.1) is 0 Å². The van der Waals surface area contributed by atoms with Gasteiger partial charge in [0.05, 0.1) is 6.54 Å². The summed E-state index contributed by atoms with van der Waals surface area (Å²) in [5, 5.41) is 3.00. The molecule has 1 aromatic heterocycles. The quantitative estimate of drug-likeness (QED) is 0.887. The van der Waals surface area contributed by atoms with Crippen LogP contribution in [0.25, 0.3) is 11.1 Å². The summed E-state index contributed by atoms with van der Waals surface area (Å²) in [6, 6.07) is 6.11. The fourth-order valence-electron chi connectivity index (χ4n) is 2.88. The largest absolute Gasteiger partial charge is 0.487 e. The predicted molar refractivity (Wildman–Crippen MR) is 92.7 cm³/mol. The van der Waals surface area contributed by atoms with Crippen LogP contribution in [0.4, 0.5) is 0 Å². The second-order valence-electron chi connectivity index (χ2n) is 6.39. The van der Waals surface area contributed by atoms with Gasteiger partial charge in [-0.3, -0.25) is 4.79 Å². The molecule has 0 aliphatic carbocycles. The van der Waals surface area contributed by atoms with E-state index in [0.29, 0.717) is 18.9 Å². The maximum absolute atomic E-state index is 11.9. The molecular formula is C19H23N3O2. The van der Waals surface area contributed by atoms with Crippen LogP contribution in [-0.2, 0) is 11.2 Å². The Kier molecular flexibility index (Phi) is 5.08. The molecule has 0 fully saturated rings. The molecule has 3 rings (SSSR count). The fraction of sp³-hybridized carbons (Fsp3) is 0.421. The summed E-state index contributed by atoms with van der Waals surface area (Å²) < 4.78 is 6.10. The molecule has 1 aliphatic heterocycles. The van der Waals surface area contributed by atoms with Gasteiger partial charge in [0.1, 0.15) is 18.2 Å². The first-order valence-corrected chi connectivity index (χ1v) is 8.48. The van der Waals surface area contributed by atoms with E-state index < -0.39 is 0 Å². The van der Waals surface area contributed by atoms with Gasteiger partial charge in [0.25, 0.3) is 0 Å². The van der Waals surface area contributed by atoms with Crippen LogP contribution >= 0.6 is 0 Å². The minimum absolute atomic E-state index is 0.0216. The zero-order valence-corrected chi connectivity index (χ0v) is 14.2. The molecule has 24 heavy (non-hydrogen) atoms. The van der Waals surface area contributed by atoms with Crippen molar-refractivity contribution in [3.63, 3.8) is 0 Å². The Labute approximate surface area is 142 Å². The van der Waals surface area contributed by atoms with Crippen LogP contribution in [0.3, 0.4) is 0 Å². The SMILES string of the molecule is CCC(C)CC(=O)NCC1Cc2cccc(-c3cncnc3)c2O1.